The van der Waals surface area contributed by atoms with Crippen LogP contribution >= 0.6 is 13.5 Å². The maximum Gasteiger partial charge on any atom is 0.251 e. The van der Waals surface area contributed by atoms with E-state index in [9.17, 15) is 14.7 Å². The van der Waals surface area contributed by atoms with Crippen molar-refractivity contribution in [2.24, 2.45) is 0 Å². The summed E-state index contributed by atoms with van der Waals surface area (Å²) in [6.07, 6.45) is 7.01. The predicted molar refractivity (Wildman–Crippen MR) is 163 cm³/mol. The number of likely N-dealkylation sites (tertiary alicyclic amines) is 1. The predicted octanol–water partition coefficient (Wildman–Crippen LogP) is 2.72. The topological polar surface area (TPSA) is 133 Å². The lowest BCUT2D eigenvalue weighted by Gasteiger charge is -2.32. The normalized spacial score (nSPS) is 16.2. The Morgan fingerprint density at radius 2 is 2.00 bits per heavy atom. The fraction of sp³-hybridized carbons (Fsp3) is 0.467. The fourth-order valence-corrected chi connectivity index (χ4v) is 5.33. The number of piperidine rings is 1. The first-order valence-electron chi connectivity index (χ1n) is 14.3. The Balaban J connectivity index is 0.00000405. The molecule has 2 aliphatic rings. The number of aliphatic hydroxyl groups is 1. The van der Waals surface area contributed by atoms with E-state index in [-0.39, 0.29) is 37.9 Å². The second-order valence-electron chi connectivity index (χ2n) is 10.6. The van der Waals surface area contributed by atoms with Crippen molar-refractivity contribution in [2.75, 3.05) is 38.0 Å². The molecule has 0 radical (unpaired) electrons. The molecule has 2 aliphatic heterocycles. The number of fused-ring (bicyclic) bond motifs is 1. The minimum Gasteiger partial charge on any atom is -0.486 e. The van der Waals surface area contributed by atoms with Crippen LogP contribution in [0.3, 0.4) is 0 Å². The number of ether oxygens (including phenoxy) is 1. The van der Waals surface area contributed by atoms with Crippen LogP contribution in [0.2, 0.25) is 0 Å². The minimum absolute atomic E-state index is 0. The van der Waals surface area contributed by atoms with Gasteiger partial charge >= 0.3 is 0 Å². The highest BCUT2D eigenvalue weighted by Gasteiger charge is 2.23. The molecule has 3 N–H and O–H groups in total. The number of oxazole rings is 1. The highest BCUT2D eigenvalue weighted by molar-refractivity contribution is 7.59. The lowest BCUT2D eigenvalue weighted by atomic mass is 9.99. The molecule has 42 heavy (non-hydrogen) atoms. The molecule has 1 saturated heterocycles. The summed E-state index contributed by atoms with van der Waals surface area (Å²) in [6, 6.07) is 9.68. The van der Waals surface area contributed by atoms with Crippen molar-refractivity contribution < 1.29 is 23.8 Å². The summed E-state index contributed by atoms with van der Waals surface area (Å²) >= 11 is 0. The molecular weight excluding hydrogens is 556 g/mol. The summed E-state index contributed by atoms with van der Waals surface area (Å²) in [7, 11) is 0. The first-order valence-corrected chi connectivity index (χ1v) is 14.3. The van der Waals surface area contributed by atoms with Crippen LogP contribution in [0.15, 0.2) is 53.5 Å². The minimum atomic E-state index is -0.694. The maximum absolute atomic E-state index is 12.8. The average Bonchev–Trinajstić information content (AvgIpc) is 3.53. The third kappa shape index (κ3) is 8.46. The van der Waals surface area contributed by atoms with Gasteiger partial charge in [-0.1, -0.05) is 13.0 Å². The molecule has 3 aromatic rings. The van der Waals surface area contributed by atoms with Gasteiger partial charge < -0.3 is 29.8 Å². The molecule has 1 fully saturated rings. The Morgan fingerprint density at radius 1 is 1.17 bits per heavy atom. The number of carbonyl (C=O) groups is 2. The van der Waals surface area contributed by atoms with Crippen molar-refractivity contribution >= 4 is 31.1 Å². The number of aromatic nitrogens is 2. The number of amides is 2. The van der Waals surface area contributed by atoms with Crippen LogP contribution in [0.4, 0.5) is 5.82 Å². The molecule has 1 aromatic carbocycles. The number of carbonyl (C=O) groups excluding carboxylic acids is 2. The van der Waals surface area contributed by atoms with Gasteiger partial charge in [0, 0.05) is 63.5 Å². The van der Waals surface area contributed by atoms with Gasteiger partial charge in [-0.25, -0.2) is 9.97 Å². The van der Waals surface area contributed by atoms with Crippen LogP contribution in [0.1, 0.15) is 53.4 Å². The zero-order valence-corrected chi connectivity index (χ0v) is 24.9. The summed E-state index contributed by atoms with van der Waals surface area (Å²) in [5.74, 6) is 2.04. The zero-order valence-electron chi connectivity index (χ0n) is 23.9. The highest BCUT2D eigenvalue weighted by atomic mass is 32.1. The van der Waals surface area contributed by atoms with Gasteiger partial charge in [-0.3, -0.25) is 14.5 Å². The second kappa shape index (κ2) is 15.0. The summed E-state index contributed by atoms with van der Waals surface area (Å²) in [4.78, 5) is 37.1. The molecule has 0 spiro atoms. The average molecular weight is 597 g/mol. The van der Waals surface area contributed by atoms with E-state index in [4.69, 9.17) is 9.15 Å². The van der Waals surface area contributed by atoms with Gasteiger partial charge in [-0.2, -0.15) is 13.5 Å². The molecule has 11 nitrogen and oxygen atoms in total. The third-order valence-corrected chi connectivity index (χ3v) is 7.63. The Hall–Kier alpha value is -3.61. The zero-order chi connectivity index (χ0) is 28.6. The van der Waals surface area contributed by atoms with E-state index < -0.39 is 6.10 Å². The standard InChI is InChI=1S/C30H38N6O5.H2S/c1-2-29(38)36-11-7-24(8-12-36)34-28-14-22(5-9-32-28)30(39)33-15-25(37)18-35-10-6-21-13-26(4-3-23(21)17-35)40-19-27-16-31-20-41-27;/h3-5,9,13-14,16,20,24-25,37H,2,6-8,10-12,15,17-19H2,1H3,(H,32,34)(H,33,39);1H2/t25-;/m0./s1. The monoisotopic (exact) mass is 596 g/mol. The molecule has 2 amide bonds. The number of nitrogens with one attached hydrogen (secondary N) is 2. The molecule has 4 heterocycles. The van der Waals surface area contributed by atoms with E-state index >= 15 is 0 Å². The number of benzene rings is 1. The van der Waals surface area contributed by atoms with Gasteiger partial charge in [0.15, 0.2) is 12.2 Å². The van der Waals surface area contributed by atoms with Gasteiger partial charge in [0.2, 0.25) is 5.91 Å². The van der Waals surface area contributed by atoms with Gasteiger partial charge in [0.25, 0.3) is 5.91 Å². The van der Waals surface area contributed by atoms with E-state index in [0.29, 0.717) is 36.7 Å². The Morgan fingerprint density at radius 3 is 2.76 bits per heavy atom. The molecule has 12 heteroatoms. The first kappa shape index (κ1) is 31.3. The van der Waals surface area contributed by atoms with Crippen LogP contribution in [0.5, 0.6) is 5.75 Å². The van der Waals surface area contributed by atoms with Crippen molar-refractivity contribution in [2.45, 2.75) is 57.9 Å². The number of anilines is 1. The number of pyridine rings is 1. The molecule has 0 saturated carbocycles. The van der Waals surface area contributed by atoms with Crippen molar-refractivity contribution in [1.29, 1.82) is 0 Å². The molecule has 0 aliphatic carbocycles. The van der Waals surface area contributed by atoms with Gasteiger partial charge in [-0.15, -0.1) is 0 Å². The molecule has 2 aromatic heterocycles. The fourth-order valence-electron chi connectivity index (χ4n) is 5.33. The van der Waals surface area contributed by atoms with Gasteiger partial charge in [0.1, 0.15) is 18.2 Å². The van der Waals surface area contributed by atoms with Crippen molar-refractivity contribution in [3.8, 4) is 5.75 Å². The Kier molecular flexibility index (Phi) is 11.2. The van der Waals surface area contributed by atoms with Crippen LogP contribution < -0.4 is 15.4 Å². The smallest absolute Gasteiger partial charge is 0.251 e. The van der Waals surface area contributed by atoms with Crippen molar-refractivity contribution in [3.05, 3.63) is 71.6 Å². The lowest BCUT2D eigenvalue weighted by Crippen LogP contribution is -2.42. The summed E-state index contributed by atoms with van der Waals surface area (Å²) < 4.78 is 11.0. The number of aliphatic hydroxyl groups excluding tert-OH is 1. The number of β-amino-alcohol motifs (C(OH)–C–C–N with tert-alkyl or cyclic N) is 1. The molecule has 0 unspecified atom stereocenters. The van der Waals surface area contributed by atoms with E-state index in [1.54, 1.807) is 24.5 Å². The Labute approximate surface area is 253 Å². The second-order valence-corrected chi connectivity index (χ2v) is 10.6. The molecule has 5 rings (SSSR count). The molecule has 226 valence electrons. The van der Waals surface area contributed by atoms with Crippen molar-refractivity contribution in [3.63, 3.8) is 0 Å². The van der Waals surface area contributed by atoms with E-state index in [0.717, 1.165) is 51.2 Å². The number of rotatable bonds is 11. The summed E-state index contributed by atoms with van der Waals surface area (Å²) in [6.45, 7) is 5.84. The van der Waals surface area contributed by atoms with Crippen LogP contribution in [0, 0.1) is 0 Å². The van der Waals surface area contributed by atoms with Crippen molar-refractivity contribution in [1.82, 2.24) is 25.1 Å². The largest absolute Gasteiger partial charge is 0.486 e. The molecule has 1 atom stereocenters. The SMILES string of the molecule is CCC(=O)N1CCC(Nc2cc(C(=O)NC[C@H](O)CN3CCc4cc(OCc5cnco5)ccc4C3)ccn2)CC1.S. The Bertz CT molecular complexity index is 1320. The summed E-state index contributed by atoms with van der Waals surface area (Å²) in [5, 5.41) is 16.9. The van der Waals surface area contributed by atoms with Crippen LogP contribution in [0.25, 0.3) is 0 Å². The third-order valence-electron chi connectivity index (χ3n) is 7.63. The highest BCUT2D eigenvalue weighted by Crippen LogP contribution is 2.25. The maximum atomic E-state index is 12.8. The van der Waals surface area contributed by atoms with E-state index in [1.807, 2.05) is 17.9 Å². The first-order chi connectivity index (χ1) is 20.0. The van der Waals surface area contributed by atoms with Gasteiger partial charge in [-0.05, 0) is 54.7 Å². The molecule has 0 bridgehead atoms. The number of nitrogens with zero attached hydrogens (tertiary/aromatic N) is 4. The lowest BCUT2D eigenvalue weighted by molar-refractivity contribution is -0.131. The number of hydrogen-bond acceptors (Lipinski definition) is 9. The van der Waals surface area contributed by atoms with E-state index in [2.05, 4.69) is 37.6 Å². The molecular formula is C30H40N6O5S. The van der Waals surface area contributed by atoms with Crippen LogP contribution in [-0.2, 0) is 24.4 Å². The quantitative estimate of drug-likeness (QED) is 0.306. The summed E-state index contributed by atoms with van der Waals surface area (Å²) in [5.41, 5.74) is 2.93. The van der Waals surface area contributed by atoms with Gasteiger partial charge in [0.05, 0.1) is 12.3 Å². The number of hydrogen-bond donors (Lipinski definition) is 3. The van der Waals surface area contributed by atoms with E-state index in [1.165, 1.54) is 17.5 Å². The van der Waals surface area contributed by atoms with Crippen LogP contribution in [-0.4, -0.2) is 81.6 Å².